The molecule has 0 bridgehead atoms. The van der Waals surface area contributed by atoms with Gasteiger partial charge in [-0.1, -0.05) is 18.5 Å². The summed E-state index contributed by atoms with van der Waals surface area (Å²) in [6, 6.07) is 1.45. The maximum Gasteiger partial charge on any atom is 0.192 e. The number of anilines is 1. The summed E-state index contributed by atoms with van der Waals surface area (Å²) in [6.45, 7) is 2.03. The first-order chi connectivity index (χ1) is 7.74. The Labute approximate surface area is 92.3 Å². The molecule has 16 heavy (non-hydrogen) atoms. The summed E-state index contributed by atoms with van der Waals surface area (Å²) in [5.41, 5.74) is 6.87. The van der Waals surface area contributed by atoms with Crippen LogP contribution in [0, 0.1) is 0 Å². The monoisotopic (exact) mass is 219 g/mol. The van der Waals surface area contributed by atoms with Gasteiger partial charge in [0.25, 0.3) is 0 Å². The van der Waals surface area contributed by atoms with E-state index < -0.39 is 0 Å². The summed E-state index contributed by atoms with van der Waals surface area (Å²) < 4.78 is 5.12. The van der Waals surface area contributed by atoms with Crippen molar-refractivity contribution in [2.24, 2.45) is 0 Å². The minimum absolute atomic E-state index is 0.104. The van der Waals surface area contributed by atoms with E-state index in [4.69, 9.17) is 10.3 Å². The van der Waals surface area contributed by atoms with Crippen LogP contribution in [-0.4, -0.2) is 10.1 Å². The Morgan fingerprint density at radius 1 is 1.56 bits per heavy atom. The smallest absolute Gasteiger partial charge is 0.192 e. The third-order valence-corrected chi connectivity index (χ3v) is 2.39. The van der Waals surface area contributed by atoms with Crippen LogP contribution in [0.15, 0.2) is 27.8 Å². The van der Waals surface area contributed by atoms with Gasteiger partial charge >= 0.3 is 0 Å². The van der Waals surface area contributed by atoms with E-state index in [-0.39, 0.29) is 5.43 Å². The zero-order valence-electron chi connectivity index (χ0n) is 8.99. The fraction of sp³-hybridized carbons (Fsp3) is 0.273. The third kappa shape index (κ3) is 1.71. The molecule has 0 atom stereocenters. The van der Waals surface area contributed by atoms with E-state index in [1.165, 1.54) is 6.07 Å². The zero-order chi connectivity index (χ0) is 11.5. The van der Waals surface area contributed by atoms with Crippen molar-refractivity contribution >= 4 is 5.82 Å². The lowest BCUT2D eigenvalue weighted by atomic mass is 10.1. The van der Waals surface area contributed by atoms with Crippen molar-refractivity contribution in [3.63, 3.8) is 0 Å². The van der Waals surface area contributed by atoms with Crippen molar-refractivity contribution in [1.82, 2.24) is 10.1 Å². The molecular formula is C11H13N3O2. The lowest BCUT2D eigenvalue weighted by Gasteiger charge is -1.99. The average molecular weight is 219 g/mol. The van der Waals surface area contributed by atoms with Crippen LogP contribution >= 0.6 is 0 Å². The van der Waals surface area contributed by atoms with E-state index in [9.17, 15) is 4.79 Å². The van der Waals surface area contributed by atoms with Gasteiger partial charge in [0.05, 0.1) is 5.56 Å². The molecule has 0 saturated heterocycles. The van der Waals surface area contributed by atoms with Crippen LogP contribution in [0.1, 0.15) is 18.9 Å². The minimum atomic E-state index is -0.104. The number of nitrogens with zero attached hydrogens (tertiary/aromatic N) is 1. The average Bonchev–Trinajstić information content (AvgIpc) is 2.62. The summed E-state index contributed by atoms with van der Waals surface area (Å²) in [5.74, 6) is 0.835. The Bertz CT molecular complexity index is 542. The molecule has 0 aromatic carbocycles. The van der Waals surface area contributed by atoms with Crippen LogP contribution in [-0.2, 0) is 6.42 Å². The highest BCUT2D eigenvalue weighted by atomic mass is 16.5. The fourth-order valence-corrected chi connectivity index (χ4v) is 1.62. The maximum atomic E-state index is 11.6. The molecule has 0 aliphatic rings. The molecular weight excluding hydrogens is 206 g/mol. The molecule has 2 heterocycles. The molecule has 0 radical (unpaired) electrons. The molecule has 0 fully saturated rings. The van der Waals surface area contributed by atoms with Crippen LogP contribution in [0.3, 0.4) is 0 Å². The summed E-state index contributed by atoms with van der Waals surface area (Å²) in [7, 11) is 0. The summed E-state index contributed by atoms with van der Waals surface area (Å²) >= 11 is 0. The number of nitrogens with one attached hydrogen (secondary N) is 1. The van der Waals surface area contributed by atoms with Crippen LogP contribution < -0.4 is 11.2 Å². The molecule has 0 amide bonds. The second-order valence-electron chi connectivity index (χ2n) is 3.55. The van der Waals surface area contributed by atoms with Crippen molar-refractivity contribution < 1.29 is 4.52 Å². The van der Waals surface area contributed by atoms with E-state index in [0.29, 0.717) is 17.1 Å². The summed E-state index contributed by atoms with van der Waals surface area (Å²) in [6.07, 6.45) is 4.84. The molecule has 5 heteroatoms. The third-order valence-electron chi connectivity index (χ3n) is 2.39. The van der Waals surface area contributed by atoms with Gasteiger partial charge in [-0.3, -0.25) is 4.79 Å². The van der Waals surface area contributed by atoms with E-state index in [1.807, 2.05) is 6.92 Å². The second kappa shape index (κ2) is 4.22. The van der Waals surface area contributed by atoms with Crippen molar-refractivity contribution in [2.75, 3.05) is 5.73 Å². The molecule has 0 unspecified atom stereocenters. The van der Waals surface area contributed by atoms with Crippen LogP contribution in [0.2, 0.25) is 0 Å². The largest absolute Gasteiger partial charge is 0.381 e. The van der Waals surface area contributed by atoms with Gasteiger partial charge < -0.3 is 15.2 Å². The minimum Gasteiger partial charge on any atom is -0.381 e. The van der Waals surface area contributed by atoms with Crippen molar-refractivity contribution in [1.29, 1.82) is 0 Å². The Morgan fingerprint density at radius 3 is 3.06 bits per heavy atom. The lowest BCUT2D eigenvalue weighted by Crippen LogP contribution is -2.03. The van der Waals surface area contributed by atoms with Crippen LogP contribution in [0.5, 0.6) is 0 Å². The Balaban J connectivity index is 2.56. The Morgan fingerprint density at radius 2 is 2.38 bits per heavy atom. The van der Waals surface area contributed by atoms with E-state index in [2.05, 4.69) is 10.1 Å². The highest BCUT2D eigenvalue weighted by molar-refractivity contribution is 5.65. The predicted octanol–water partition coefficient (Wildman–Crippen LogP) is 1.56. The predicted molar refractivity (Wildman–Crippen MR) is 61.0 cm³/mol. The molecule has 3 N–H and O–H groups in total. The highest BCUT2D eigenvalue weighted by Gasteiger charge is 2.16. The molecule has 0 spiro atoms. The number of hydrogen-bond acceptors (Lipinski definition) is 4. The molecule has 0 saturated carbocycles. The molecule has 84 valence electrons. The SMILES string of the molecule is CCCc1c(N)noc1-c1c[nH]ccc1=O. The molecule has 0 aliphatic carbocycles. The highest BCUT2D eigenvalue weighted by Crippen LogP contribution is 2.26. The number of nitrogens with two attached hydrogens (primary N) is 1. The number of aromatic amines is 1. The number of pyridine rings is 1. The molecule has 2 aromatic rings. The van der Waals surface area contributed by atoms with Crippen molar-refractivity contribution in [3.8, 4) is 11.3 Å². The first kappa shape index (κ1) is 10.5. The second-order valence-corrected chi connectivity index (χ2v) is 3.55. The van der Waals surface area contributed by atoms with Gasteiger partial charge in [-0.15, -0.1) is 0 Å². The summed E-state index contributed by atoms with van der Waals surface area (Å²) in [5, 5.41) is 3.70. The molecule has 5 nitrogen and oxygen atoms in total. The van der Waals surface area contributed by atoms with Crippen molar-refractivity contribution in [2.45, 2.75) is 19.8 Å². The van der Waals surface area contributed by atoms with Gasteiger partial charge in [-0.05, 0) is 6.42 Å². The molecule has 0 aliphatic heterocycles. The van der Waals surface area contributed by atoms with Gasteiger partial charge in [-0.25, -0.2) is 0 Å². The van der Waals surface area contributed by atoms with Gasteiger partial charge in [0, 0.05) is 24.0 Å². The number of nitrogen functional groups attached to an aromatic ring is 1. The number of H-pyrrole nitrogens is 1. The Kier molecular flexibility index (Phi) is 2.76. The normalized spacial score (nSPS) is 10.6. The van der Waals surface area contributed by atoms with Crippen molar-refractivity contribution in [3.05, 3.63) is 34.2 Å². The molecule has 2 aromatic heterocycles. The van der Waals surface area contributed by atoms with E-state index in [0.717, 1.165) is 18.4 Å². The fourth-order valence-electron chi connectivity index (χ4n) is 1.62. The maximum absolute atomic E-state index is 11.6. The van der Waals surface area contributed by atoms with E-state index >= 15 is 0 Å². The number of rotatable bonds is 3. The first-order valence-corrected chi connectivity index (χ1v) is 5.15. The Hall–Kier alpha value is -2.04. The number of hydrogen-bond donors (Lipinski definition) is 2. The first-order valence-electron chi connectivity index (χ1n) is 5.15. The van der Waals surface area contributed by atoms with Crippen LogP contribution in [0.25, 0.3) is 11.3 Å². The van der Waals surface area contributed by atoms with Gasteiger partial charge in [0.2, 0.25) is 0 Å². The molecule has 2 rings (SSSR count). The zero-order valence-corrected chi connectivity index (χ0v) is 8.99. The standard InChI is InChI=1S/C11H13N3O2/c1-2-3-7-10(16-14-11(7)12)8-6-13-5-4-9(8)15/h4-6H,2-3H2,1H3,(H2,12,14)(H,13,15). The van der Waals surface area contributed by atoms with Crippen LogP contribution in [0.4, 0.5) is 5.82 Å². The number of aromatic nitrogens is 2. The van der Waals surface area contributed by atoms with Gasteiger partial charge in [0.1, 0.15) is 0 Å². The van der Waals surface area contributed by atoms with Gasteiger partial charge in [-0.2, -0.15) is 0 Å². The summed E-state index contributed by atoms with van der Waals surface area (Å²) in [4.78, 5) is 14.5. The van der Waals surface area contributed by atoms with Gasteiger partial charge in [0.15, 0.2) is 17.0 Å². The topological polar surface area (TPSA) is 84.9 Å². The van der Waals surface area contributed by atoms with E-state index in [1.54, 1.807) is 12.4 Å². The lowest BCUT2D eigenvalue weighted by molar-refractivity contribution is 0.434. The quantitative estimate of drug-likeness (QED) is 0.820.